The molecular formula is C27H40O11SSi. The lowest BCUT2D eigenvalue weighted by Gasteiger charge is -2.42. The minimum Gasteiger partial charge on any atom is -0.467 e. The molecule has 0 saturated carbocycles. The fraction of sp³-hybridized carbons (Fsp3) is 0.593. The molecule has 3 rings (SSSR count). The number of methoxy groups -OCH3 is 2. The third kappa shape index (κ3) is 7.20. The topological polar surface area (TPSA) is 140 Å². The number of aryl methyl sites for hydroxylation is 1. The normalized spacial score (nSPS) is 23.6. The molecule has 2 aromatic rings. The number of carbonyl (C=O) groups excluding carboxylic acids is 1. The van der Waals surface area contributed by atoms with Gasteiger partial charge in [-0.05, 0) is 49.3 Å². The highest BCUT2D eigenvalue weighted by atomic mass is 32.2. The number of hydrogen-bond donors (Lipinski definition) is 1. The molecule has 0 aliphatic carbocycles. The van der Waals surface area contributed by atoms with Crippen LogP contribution in [0.1, 0.15) is 38.2 Å². The van der Waals surface area contributed by atoms with E-state index < -0.39 is 61.0 Å². The molecule has 6 atom stereocenters. The summed E-state index contributed by atoms with van der Waals surface area (Å²) in [4.78, 5) is 12.9. The van der Waals surface area contributed by atoms with Crippen molar-refractivity contribution in [2.75, 3.05) is 21.0 Å². The first-order chi connectivity index (χ1) is 18.6. The van der Waals surface area contributed by atoms with Gasteiger partial charge in [0.1, 0.15) is 30.9 Å². The molecule has 0 radical (unpaired) electrons. The predicted molar refractivity (Wildman–Crippen MR) is 146 cm³/mol. The van der Waals surface area contributed by atoms with Crippen molar-refractivity contribution in [2.45, 2.75) is 81.4 Å². The largest absolute Gasteiger partial charge is 0.467 e. The Labute approximate surface area is 236 Å². The second-order valence-electron chi connectivity index (χ2n) is 11.2. The molecule has 1 aromatic carbocycles. The summed E-state index contributed by atoms with van der Waals surface area (Å²) in [6.45, 7) is 11.8. The van der Waals surface area contributed by atoms with Gasteiger partial charge in [-0.3, -0.25) is 0 Å². The Morgan fingerprint density at radius 1 is 1.12 bits per heavy atom. The van der Waals surface area contributed by atoms with E-state index in [9.17, 15) is 18.3 Å². The first kappa shape index (κ1) is 32.4. The van der Waals surface area contributed by atoms with E-state index in [1.807, 2.05) is 20.0 Å². The van der Waals surface area contributed by atoms with E-state index in [1.54, 1.807) is 24.3 Å². The Morgan fingerprint density at radius 3 is 2.30 bits per heavy atom. The van der Waals surface area contributed by atoms with Crippen molar-refractivity contribution in [1.29, 1.82) is 0 Å². The summed E-state index contributed by atoms with van der Waals surface area (Å²) in [6, 6.07) is 9.34. The monoisotopic (exact) mass is 600 g/mol. The quantitative estimate of drug-likeness (QED) is 0.164. The van der Waals surface area contributed by atoms with E-state index in [0.717, 1.165) is 12.7 Å². The van der Waals surface area contributed by atoms with Crippen LogP contribution in [0.5, 0.6) is 0 Å². The van der Waals surface area contributed by atoms with Crippen molar-refractivity contribution < 1.29 is 50.3 Å². The molecule has 1 fully saturated rings. The molecule has 0 bridgehead atoms. The molecule has 1 aliphatic heterocycles. The Kier molecular flexibility index (Phi) is 10.4. The number of carbonyl (C=O) groups is 1. The van der Waals surface area contributed by atoms with Crippen LogP contribution in [-0.4, -0.2) is 73.4 Å². The van der Waals surface area contributed by atoms with Crippen LogP contribution < -0.4 is 0 Å². The van der Waals surface area contributed by atoms with E-state index >= 15 is 0 Å². The molecule has 224 valence electrons. The van der Waals surface area contributed by atoms with Crippen LogP contribution in [0.4, 0.5) is 0 Å². The van der Waals surface area contributed by atoms with E-state index in [0.29, 0.717) is 5.76 Å². The van der Waals surface area contributed by atoms with E-state index in [4.69, 9.17) is 32.0 Å². The second-order valence-corrected chi connectivity index (χ2v) is 17.6. The maximum Gasteiger partial charge on any atom is 0.339 e. The van der Waals surface area contributed by atoms with Gasteiger partial charge in [0, 0.05) is 7.11 Å². The molecule has 0 amide bonds. The third-order valence-corrected chi connectivity index (χ3v) is 13.2. The number of aliphatic hydroxyl groups excluding tert-OH is 1. The van der Waals surface area contributed by atoms with Crippen LogP contribution in [0.25, 0.3) is 0 Å². The summed E-state index contributed by atoms with van der Waals surface area (Å²) in [5.41, 5.74) is 0.841. The Balaban J connectivity index is 2.13. The molecule has 40 heavy (non-hydrogen) atoms. The molecule has 1 aromatic heterocycles. The van der Waals surface area contributed by atoms with Crippen molar-refractivity contribution in [3.05, 3.63) is 54.0 Å². The van der Waals surface area contributed by atoms with Crippen LogP contribution in [0.15, 0.2) is 52.0 Å². The molecule has 1 aliphatic rings. The van der Waals surface area contributed by atoms with Crippen molar-refractivity contribution in [3.8, 4) is 0 Å². The van der Waals surface area contributed by atoms with Gasteiger partial charge < -0.3 is 32.9 Å². The minimum absolute atomic E-state index is 0.158. The van der Waals surface area contributed by atoms with Gasteiger partial charge >= 0.3 is 5.97 Å². The highest BCUT2D eigenvalue weighted by Gasteiger charge is 2.57. The highest BCUT2D eigenvalue weighted by molar-refractivity contribution is 7.86. The first-order valence-corrected chi connectivity index (χ1v) is 17.2. The number of aliphatic hydroxyl groups is 1. The predicted octanol–water partition coefficient (Wildman–Crippen LogP) is 3.92. The zero-order chi connectivity index (χ0) is 29.9. The number of furan rings is 1. The van der Waals surface area contributed by atoms with Crippen molar-refractivity contribution in [3.63, 3.8) is 0 Å². The lowest BCUT2D eigenvalue weighted by atomic mass is 9.88. The van der Waals surface area contributed by atoms with Crippen LogP contribution in [-0.2, 0) is 42.5 Å². The maximum absolute atomic E-state index is 13.3. The molecule has 1 N–H and O–H groups in total. The standard InChI is InChI=1S/C27H40O11SSi/c1-17-11-13-18(14-12-17)39(30,31)37-24(25(28)33-6)22-20(23(26(29)36-22)35-16-32-5)21(19-10-9-15-34-19)38-40(7,8)27(2,3)4/h9-15,20-24,26,29H,16H2,1-8H3/t20-,21+,22+,23+,24+,26-/m0/s1. The van der Waals surface area contributed by atoms with E-state index in [1.165, 1.54) is 25.5 Å². The highest BCUT2D eigenvalue weighted by Crippen LogP contribution is 2.47. The fourth-order valence-corrected chi connectivity index (χ4v) is 6.48. The van der Waals surface area contributed by atoms with Gasteiger partial charge in [0.25, 0.3) is 10.1 Å². The molecule has 0 unspecified atom stereocenters. The van der Waals surface area contributed by atoms with Crippen molar-refractivity contribution >= 4 is 24.4 Å². The Morgan fingerprint density at radius 2 is 1.77 bits per heavy atom. The number of esters is 1. The van der Waals surface area contributed by atoms with Gasteiger partial charge in [0.15, 0.2) is 14.6 Å². The number of ether oxygens (including phenoxy) is 4. The van der Waals surface area contributed by atoms with Crippen LogP contribution in [0.3, 0.4) is 0 Å². The smallest absolute Gasteiger partial charge is 0.339 e. The van der Waals surface area contributed by atoms with Crippen LogP contribution in [0.2, 0.25) is 18.1 Å². The lowest BCUT2D eigenvalue weighted by molar-refractivity contribution is -0.180. The number of hydrogen-bond acceptors (Lipinski definition) is 11. The van der Waals surface area contributed by atoms with Crippen molar-refractivity contribution in [1.82, 2.24) is 0 Å². The third-order valence-electron chi connectivity index (χ3n) is 7.39. The zero-order valence-corrected chi connectivity index (χ0v) is 26.0. The van der Waals surface area contributed by atoms with Gasteiger partial charge in [-0.2, -0.15) is 8.42 Å². The fourth-order valence-electron chi connectivity index (χ4n) is 4.18. The lowest BCUT2D eigenvalue weighted by Crippen LogP contribution is -2.49. The molecular weight excluding hydrogens is 560 g/mol. The SMILES string of the molecule is COCO[C@@H]1[C@@H]([C@H](O[Si](C)(C)C(C)(C)C)c2ccco2)[C@H]([C@@H](OS(=O)(=O)c2ccc(C)cc2)C(=O)OC)O[C@@H]1O. The number of benzene rings is 1. The maximum atomic E-state index is 13.3. The van der Waals surface area contributed by atoms with Gasteiger partial charge in [0.05, 0.1) is 24.2 Å². The zero-order valence-electron chi connectivity index (χ0n) is 24.2. The first-order valence-electron chi connectivity index (χ1n) is 12.9. The van der Waals surface area contributed by atoms with Gasteiger partial charge in [0.2, 0.25) is 6.10 Å². The summed E-state index contributed by atoms with van der Waals surface area (Å²) < 4.78 is 66.3. The molecule has 13 heteroatoms. The Bertz CT molecular complexity index is 1210. The number of rotatable bonds is 12. The molecule has 2 heterocycles. The molecule has 1 saturated heterocycles. The summed E-state index contributed by atoms with van der Waals surface area (Å²) >= 11 is 0. The van der Waals surface area contributed by atoms with Gasteiger partial charge in [-0.15, -0.1) is 0 Å². The summed E-state index contributed by atoms with van der Waals surface area (Å²) in [7, 11) is -4.48. The van der Waals surface area contributed by atoms with Crippen LogP contribution >= 0.6 is 0 Å². The Hall–Kier alpha value is -2.10. The summed E-state index contributed by atoms with van der Waals surface area (Å²) in [5, 5.41) is 10.7. The summed E-state index contributed by atoms with van der Waals surface area (Å²) in [5.74, 6) is -1.62. The van der Waals surface area contributed by atoms with Crippen LogP contribution in [0, 0.1) is 12.8 Å². The van der Waals surface area contributed by atoms with Crippen molar-refractivity contribution in [2.24, 2.45) is 5.92 Å². The van der Waals surface area contributed by atoms with E-state index in [-0.39, 0.29) is 16.7 Å². The minimum atomic E-state index is -4.47. The average molecular weight is 601 g/mol. The van der Waals surface area contributed by atoms with Gasteiger partial charge in [-0.1, -0.05) is 38.5 Å². The van der Waals surface area contributed by atoms with E-state index in [2.05, 4.69) is 20.8 Å². The summed E-state index contributed by atoms with van der Waals surface area (Å²) in [6.07, 6.45) is -5.33. The van der Waals surface area contributed by atoms with Gasteiger partial charge in [-0.25, -0.2) is 8.98 Å². The second kappa shape index (κ2) is 12.8. The molecule has 11 nitrogen and oxygen atoms in total. The average Bonchev–Trinajstić information content (AvgIpc) is 3.52. The molecule has 0 spiro atoms.